The summed E-state index contributed by atoms with van der Waals surface area (Å²) in [6, 6.07) is 15.9. The molecule has 1 heterocycles. The molecular weight excluding hydrogens is 270 g/mol. The van der Waals surface area contributed by atoms with Crippen LogP contribution < -0.4 is 0 Å². The molecule has 3 aromatic rings. The quantitative estimate of drug-likeness (QED) is 0.506. The van der Waals surface area contributed by atoms with Crippen molar-refractivity contribution in [2.24, 2.45) is 7.05 Å². The van der Waals surface area contributed by atoms with Crippen LogP contribution in [0.25, 0.3) is 17.0 Å². The summed E-state index contributed by atoms with van der Waals surface area (Å²) in [5, 5.41) is 1.18. The normalized spacial score (nSPS) is 11.4. The molecule has 0 fully saturated rings. The molecular formula is C20H19NO. The van der Waals surface area contributed by atoms with Gasteiger partial charge < -0.3 is 4.57 Å². The third kappa shape index (κ3) is 2.48. The van der Waals surface area contributed by atoms with Crippen LogP contribution in [0.2, 0.25) is 0 Å². The number of aromatic nitrogens is 1. The smallest absolute Gasteiger partial charge is 0.185 e. The van der Waals surface area contributed by atoms with Crippen molar-refractivity contribution < 1.29 is 4.79 Å². The van der Waals surface area contributed by atoms with E-state index < -0.39 is 0 Å². The molecule has 0 aliphatic heterocycles. The number of benzene rings is 2. The fourth-order valence-corrected chi connectivity index (χ4v) is 2.73. The van der Waals surface area contributed by atoms with Gasteiger partial charge in [-0.2, -0.15) is 0 Å². The number of aryl methyl sites for hydroxylation is 2. The van der Waals surface area contributed by atoms with Crippen LogP contribution in [-0.2, 0) is 7.05 Å². The zero-order valence-electron chi connectivity index (χ0n) is 13.1. The predicted molar refractivity (Wildman–Crippen MR) is 92.2 cm³/mol. The summed E-state index contributed by atoms with van der Waals surface area (Å²) in [6.07, 6.45) is 3.60. The van der Waals surface area contributed by atoms with E-state index in [9.17, 15) is 4.79 Å². The number of para-hydroxylation sites is 1. The lowest BCUT2D eigenvalue weighted by molar-refractivity contribution is 0.104. The fraction of sp³-hybridized carbons (Fsp3) is 0.150. The Hall–Kier alpha value is -2.61. The number of ketones is 1. The Kier molecular flexibility index (Phi) is 3.68. The molecule has 3 rings (SSSR count). The Morgan fingerprint density at radius 1 is 1.00 bits per heavy atom. The average Bonchev–Trinajstić information content (AvgIpc) is 2.78. The van der Waals surface area contributed by atoms with Gasteiger partial charge in [0.1, 0.15) is 0 Å². The van der Waals surface area contributed by atoms with E-state index in [0.717, 1.165) is 22.4 Å². The van der Waals surface area contributed by atoms with Crippen molar-refractivity contribution in [2.45, 2.75) is 13.8 Å². The number of hydrogen-bond acceptors (Lipinski definition) is 1. The number of allylic oxidation sites excluding steroid dienone is 1. The van der Waals surface area contributed by atoms with Crippen LogP contribution >= 0.6 is 0 Å². The van der Waals surface area contributed by atoms with Gasteiger partial charge in [0, 0.05) is 34.8 Å². The molecule has 0 amide bonds. The van der Waals surface area contributed by atoms with Crippen LogP contribution in [0.3, 0.4) is 0 Å². The summed E-state index contributed by atoms with van der Waals surface area (Å²) in [7, 11) is 2.05. The van der Waals surface area contributed by atoms with Gasteiger partial charge in [-0.1, -0.05) is 48.0 Å². The third-order valence-corrected chi connectivity index (χ3v) is 4.19. The van der Waals surface area contributed by atoms with Gasteiger partial charge >= 0.3 is 0 Å². The van der Waals surface area contributed by atoms with Gasteiger partial charge in [0.05, 0.1) is 0 Å². The standard InChI is InChI=1S/C20H19NO/c1-14-8-10-16(11-9-14)20(22)13-12-17-15(2)21(3)19-7-5-4-6-18(17)19/h4-13H,1-3H3/b13-12+. The van der Waals surface area contributed by atoms with Crippen LogP contribution in [0.15, 0.2) is 54.6 Å². The first-order chi connectivity index (χ1) is 10.6. The van der Waals surface area contributed by atoms with Gasteiger partial charge in [0.15, 0.2) is 5.78 Å². The molecule has 22 heavy (non-hydrogen) atoms. The number of carbonyl (C=O) groups is 1. The second kappa shape index (κ2) is 5.64. The predicted octanol–water partition coefficient (Wildman–Crippen LogP) is 4.69. The van der Waals surface area contributed by atoms with Gasteiger partial charge in [-0.05, 0) is 32.1 Å². The van der Waals surface area contributed by atoms with E-state index in [1.54, 1.807) is 6.08 Å². The van der Waals surface area contributed by atoms with Crippen LogP contribution in [-0.4, -0.2) is 10.4 Å². The average molecular weight is 289 g/mol. The van der Waals surface area contributed by atoms with Crippen LogP contribution in [0, 0.1) is 13.8 Å². The maximum absolute atomic E-state index is 12.3. The largest absolute Gasteiger partial charge is 0.347 e. The summed E-state index contributed by atoms with van der Waals surface area (Å²) in [5.74, 6) is 0.0346. The summed E-state index contributed by atoms with van der Waals surface area (Å²) in [4.78, 5) is 12.3. The van der Waals surface area contributed by atoms with Crippen LogP contribution in [0.5, 0.6) is 0 Å². The van der Waals surface area contributed by atoms with E-state index in [4.69, 9.17) is 0 Å². The summed E-state index contributed by atoms with van der Waals surface area (Å²) >= 11 is 0. The zero-order chi connectivity index (χ0) is 15.7. The maximum Gasteiger partial charge on any atom is 0.185 e. The monoisotopic (exact) mass is 289 g/mol. The molecule has 2 aromatic carbocycles. The highest BCUT2D eigenvalue weighted by Gasteiger charge is 2.09. The molecule has 0 spiro atoms. The Balaban J connectivity index is 1.97. The molecule has 2 nitrogen and oxygen atoms in total. The lowest BCUT2D eigenvalue weighted by atomic mass is 10.1. The third-order valence-electron chi connectivity index (χ3n) is 4.19. The second-order valence-corrected chi connectivity index (χ2v) is 5.64. The summed E-state index contributed by atoms with van der Waals surface area (Å²) in [5.41, 5.74) is 5.33. The van der Waals surface area contributed by atoms with Crippen molar-refractivity contribution in [3.63, 3.8) is 0 Å². The fourth-order valence-electron chi connectivity index (χ4n) is 2.73. The Morgan fingerprint density at radius 3 is 2.41 bits per heavy atom. The molecule has 0 unspecified atom stereocenters. The minimum atomic E-state index is 0.0346. The number of hydrogen-bond donors (Lipinski definition) is 0. The zero-order valence-corrected chi connectivity index (χ0v) is 13.1. The molecule has 0 N–H and O–H groups in total. The summed E-state index contributed by atoms with van der Waals surface area (Å²) < 4.78 is 2.16. The molecule has 0 atom stereocenters. The topological polar surface area (TPSA) is 22.0 Å². The van der Waals surface area contributed by atoms with Crippen molar-refractivity contribution in [1.82, 2.24) is 4.57 Å². The van der Waals surface area contributed by atoms with Gasteiger partial charge in [0.25, 0.3) is 0 Å². The first-order valence-electron chi connectivity index (χ1n) is 7.41. The minimum absolute atomic E-state index is 0.0346. The van der Waals surface area contributed by atoms with Crippen molar-refractivity contribution in [1.29, 1.82) is 0 Å². The molecule has 110 valence electrons. The first kappa shape index (κ1) is 14.3. The van der Waals surface area contributed by atoms with Gasteiger partial charge in [-0.25, -0.2) is 0 Å². The van der Waals surface area contributed by atoms with Gasteiger partial charge in [0.2, 0.25) is 0 Å². The molecule has 0 radical (unpaired) electrons. The lowest BCUT2D eigenvalue weighted by Crippen LogP contribution is -1.94. The Bertz CT molecular complexity index is 867. The molecule has 0 bridgehead atoms. The first-order valence-corrected chi connectivity index (χ1v) is 7.41. The lowest BCUT2D eigenvalue weighted by Gasteiger charge is -1.98. The molecule has 1 aromatic heterocycles. The second-order valence-electron chi connectivity index (χ2n) is 5.64. The maximum atomic E-state index is 12.3. The van der Waals surface area contributed by atoms with E-state index in [-0.39, 0.29) is 5.78 Å². The molecule has 0 saturated heterocycles. The highest BCUT2D eigenvalue weighted by atomic mass is 16.1. The number of rotatable bonds is 3. The van der Waals surface area contributed by atoms with Crippen molar-refractivity contribution in [3.8, 4) is 0 Å². The Morgan fingerprint density at radius 2 is 1.68 bits per heavy atom. The van der Waals surface area contributed by atoms with E-state index in [1.807, 2.05) is 49.4 Å². The Labute approximate surface area is 130 Å². The van der Waals surface area contributed by atoms with E-state index in [2.05, 4.69) is 30.7 Å². The molecule has 0 saturated carbocycles. The van der Waals surface area contributed by atoms with E-state index in [1.165, 1.54) is 10.9 Å². The molecule has 2 heteroatoms. The SMILES string of the molecule is Cc1ccc(C(=O)/C=C/c2c(C)n(C)c3ccccc23)cc1. The molecule has 0 aliphatic rings. The van der Waals surface area contributed by atoms with Crippen LogP contribution in [0.4, 0.5) is 0 Å². The van der Waals surface area contributed by atoms with Crippen molar-refractivity contribution in [3.05, 3.63) is 77.0 Å². The summed E-state index contributed by atoms with van der Waals surface area (Å²) in [6.45, 7) is 4.10. The van der Waals surface area contributed by atoms with Gasteiger partial charge in [-0.15, -0.1) is 0 Å². The highest BCUT2D eigenvalue weighted by molar-refractivity contribution is 6.08. The number of nitrogens with zero attached hydrogens (tertiary/aromatic N) is 1. The van der Waals surface area contributed by atoms with Gasteiger partial charge in [-0.3, -0.25) is 4.79 Å². The minimum Gasteiger partial charge on any atom is -0.347 e. The number of fused-ring (bicyclic) bond motifs is 1. The van der Waals surface area contributed by atoms with Crippen molar-refractivity contribution >= 4 is 22.8 Å². The number of carbonyl (C=O) groups excluding carboxylic acids is 1. The van der Waals surface area contributed by atoms with E-state index >= 15 is 0 Å². The van der Waals surface area contributed by atoms with Crippen LogP contribution in [0.1, 0.15) is 27.2 Å². The highest BCUT2D eigenvalue weighted by Crippen LogP contribution is 2.26. The van der Waals surface area contributed by atoms with Crippen molar-refractivity contribution in [2.75, 3.05) is 0 Å². The van der Waals surface area contributed by atoms with E-state index in [0.29, 0.717) is 0 Å². The molecule has 0 aliphatic carbocycles.